The van der Waals surface area contributed by atoms with Gasteiger partial charge in [-0.25, -0.2) is 4.98 Å². The lowest BCUT2D eigenvalue weighted by Gasteiger charge is -2.16. The number of carbonyl (C=O) groups excluding carboxylic acids is 1. The monoisotopic (exact) mass is 335 g/mol. The van der Waals surface area contributed by atoms with Gasteiger partial charge in [0.1, 0.15) is 0 Å². The summed E-state index contributed by atoms with van der Waals surface area (Å²) in [6.45, 7) is 8.39. The number of para-hydroxylation sites is 1. The van der Waals surface area contributed by atoms with Gasteiger partial charge in [0.15, 0.2) is 0 Å². The van der Waals surface area contributed by atoms with Gasteiger partial charge in [-0.05, 0) is 39.3 Å². The van der Waals surface area contributed by atoms with Crippen LogP contribution in [0.1, 0.15) is 55.0 Å². The molecule has 0 radical (unpaired) electrons. The van der Waals surface area contributed by atoms with Crippen LogP contribution in [0.3, 0.4) is 0 Å². The normalized spacial score (nSPS) is 11.4. The SMILES string of the molecule is CCCc1c(-c2ccc3ccccc3n2)c(C(N)=O)c(C)n1C(C)C. The summed E-state index contributed by atoms with van der Waals surface area (Å²) in [7, 11) is 0. The first-order valence-electron chi connectivity index (χ1n) is 8.85. The molecule has 1 amide bonds. The number of aromatic nitrogens is 2. The fourth-order valence-corrected chi connectivity index (χ4v) is 3.73. The second kappa shape index (κ2) is 6.71. The summed E-state index contributed by atoms with van der Waals surface area (Å²) in [6.07, 6.45) is 1.88. The lowest BCUT2D eigenvalue weighted by Crippen LogP contribution is -2.14. The van der Waals surface area contributed by atoms with Crippen LogP contribution in [0.5, 0.6) is 0 Å². The van der Waals surface area contributed by atoms with E-state index in [1.165, 1.54) is 0 Å². The van der Waals surface area contributed by atoms with Crippen LogP contribution in [-0.2, 0) is 6.42 Å². The third-order valence-corrected chi connectivity index (χ3v) is 4.66. The maximum absolute atomic E-state index is 12.3. The lowest BCUT2D eigenvalue weighted by atomic mass is 10.0. The Morgan fingerprint density at radius 3 is 2.56 bits per heavy atom. The standard InChI is InChI=1S/C21H25N3O/c1-5-8-18-20(19(21(22)25)14(4)24(18)13(2)3)17-12-11-15-9-6-7-10-16(15)23-17/h6-7,9-13H,5,8H2,1-4H3,(H2,22,25). The van der Waals surface area contributed by atoms with Crippen LogP contribution in [0.25, 0.3) is 22.2 Å². The van der Waals surface area contributed by atoms with E-state index in [-0.39, 0.29) is 11.9 Å². The average Bonchev–Trinajstić information content (AvgIpc) is 2.87. The minimum Gasteiger partial charge on any atom is -0.366 e. The summed E-state index contributed by atoms with van der Waals surface area (Å²) < 4.78 is 2.23. The van der Waals surface area contributed by atoms with Crippen LogP contribution in [0.15, 0.2) is 36.4 Å². The molecule has 0 bridgehead atoms. The minimum absolute atomic E-state index is 0.258. The Kier molecular flexibility index (Phi) is 4.62. The van der Waals surface area contributed by atoms with Crippen molar-refractivity contribution in [3.63, 3.8) is 0 Å². The minimum atomic E-state index is -0.390. The molecule has 0 spiro atoms. The summed E-state index contributed by atoms with van der Waals surface area (Å²) in [4.78, 5) is 17.1. The zero-order valence-electron chi connectivity index (χ0n) is 15.3. The van der Waals surface area contributed by atoms with Crippen LogP contribution >= 0.6 is 0 Å². The number of carbonyl (C=O) groups is 1. The highest BCUT2D eigenvalue weighted by Crippen LogP contribution is 2.35. The highest BCUT2D eigenvalue weighted by Gasteiger charge is 2.26. The Balaban J connectivity index is 2.35. The number of hydrogen-bond acceptors (Lipinski definition) is 2. The van der Waals surface area contributed by atoms with E-state index < -0.39 is 0 Å². The average molecular weight is 335 g/mol. The fourth-order valence-electron chi connectivity index (χ4n) is 3.73. The van der Waals surface area contributed by atoms with Gasteiger partial charge >= 0.3 is 0 Å². The molecule has 0 atom stereocenters. The molecule has 3 rings (SSSR count). The van der Waals surface area contributed by atoms with Gasteiger partial charge < -0.3 is 10.3 Å². The summed E-state index contributed by atoms with van der Waals surface area (Å²) in [6, 6.07) is 12.3. The molecule has 1 aromatic carbocycles. The quantitative estimate of drug-likeness (QED) is 0.738. The molecule has 0 aliphatic rings. The second-order valence-corrected chi connectivity index (χ2v) is 6.75. The third-order valence-electron chi connectivity index (χ3n) is 4.66. The van der Waals surface area contributed by atoms with E-state index in [1.54, 1.807) is 0 Å². The summed E-state index contributed by atoms with van der Waals surface area (Å²) in [5.74, 6) is -0.390. The summed E-state index contributed by atoms with van der Waals surface area (Å²) in [5.41, 5.74) is 11.1. The van der Waals surface area contributed by atoms with E-state index in [2.05, 4.69) is 31.4 Å². The van der Waals surface area contributed by atoms with Crippen LogP contribution in [0, 0.1) is 6.92 Å². The molecule has 0 aliphatic heterocycles. The van der Waals surface area contributed by atoms with Crippen molar-refractivity contribution in [3.8, 4) is 11.3 Å². The molecule has 3 aromatic rings. The van der Waals surface area contributed by atoms with Gasteiger partial charge in [-0.15, -0.1) is 0 Å². The Hall–Kier alpha value is -2.62. The number of amides is 1. The van der Waals surface area contributed by atoms with Crippen molar-refractivity contribution in [2.75, 3.05) is 0 Å². The van der Waals surface area contributed by atoms with E-state index >= 15 is 0 Å². The molecular formula is C21H25N3O. The first kappa shape index (κ1) is 17.2. The van der Waals surface area contributed by atoms with Gasteiger partial charge in [0.25, 0.3) is 5.91 Å². The van der Waals surface area contributed by atoms with Crippen LogP contribution < -0.4 is 5.73 Å². The Labute approximate surface area is 148 Å². The lowest BCUT2D eigenvalue weighted by molar-refractivity contribution is 0.1000. The molecule has 4 nitrogen and oxygen atoms in total. The van der Waals surface area contributed by atoms with Crippen molar-refractivity contribution in [2.45, 2.75) is 46.6 Å². The molecule has 4 heteroatoms. The molecule has 2 heterocycles. The van der Waals surface area contributed by atoms with Gasteiger partial charge in [-0.3, -0.25) is 4.79 Å². The molecule has 25 heavy (non-hydrogen) atoms. The van der Waals surface area contributed by atoms with Gasteiger partial charge in [-0.1, -0.05) is 37.6 Å². The number of pyridine rings is 1. The van der Waals surface area contributed by atoms with Gasteiger partial charge in [-0.2, -0.15) is 0 Å². The van der Waals surface area contributed by atoms with Crippen LogP contribution in [0.2, 0.25) is 0 Å². The van der Waals surface area contributed by atoms with Crippen LogP contribution in [0.4, 0.5) is 0 Å². The number of rotatable bonds is 5. The molecule has 0 fully saturated rings. The molecule has 130 valence electrons. The van der Waals surface area contributed by atoms with Crippen LogP contribution in [-0.4, -0.2) is 15.5 Å². The molecule has 0 saturated heterocycles. The number of hydrogen-bond donors (Lipinski definition) is 1. The molecular weight excluding hydrogens is 310 g/mol. The van der Waals surface area contributed by atoms with Crippen molar-refractivity contribution in [1.82, 2.24) is 9.55 Å². The maximum Gasteiger partial charge on any atom is 0.251 e. The van der Waals surface area contributed by atoms with Gasteiger partial charge in [0.2, 0.25) is 0 Å². The summed E-state index contributed by atoms with van der Waals surface area (Å²) in [5, 5.41) is 1.09. The Morgan fingerprint density at radius 1 is 1.20 bits per heavy atom. The highest BCUT2D eigenvalue weighted by atomic mass is 16.1. The van der Waals surface area contributed by atoms with Crippen molar-refractivity contribution >= 4 is 16.8 Å². The number of nitrogens with two attached hydrogens (primary N) is 1. The topological polar surface area (TPSA) is 60.9 Å². The van der Waals surface area contributed by atoms with Crippen molar-refractivity contribution in [1.29, 1.82) is 0 Å². The second-order valence-electron chi connectivity index (χ2n) is 6.75. The first-order chi connectivity index (χ1) is 12.0. The third kappa shape index (κ3) is 2.93. The molecule has 0 aliphatic carbocycles. The Morgan fingerprint density at radius 2 is 1.92 bits per heavy atom. The number of primary amides is 1. The fraction of sp³-hybridized carbons (Fsp3) is 0.333. The molecule has 0 unspecified atom stereocenters. The van der Waals surface area contributed by atoms with Crippen molar-refractivity contribution < 1.29 is 4.79 Å². The van der Waals surface area contributed by atoms with Crippen molar-refractivity contribution in [3.05, 3.63) is 53.3 Å². The van der Waals surface area contributed by atoms with E-state index in [4.69, 9.17) is 10.7 Å². The number of nitrogens with zero attached hydrogens (tertiary/aromatic N) is 2. The van der Waals surface area contributed by atoms with Gasteiger partial charge in [0, 0.05) is 28.4 Å². The molecule has 2 N–H and O–H groups in total. The zero-order valence-corrected chi connectivity index (χ0v) is 15.3. The molecule has 0 saturated carbocycles. The Bertz CT molecular complexity index is 938. The first-order valence-corrected chi connectivity index (χ1v) is 8.85. The number of fused-ring (bicyclic) bond motifs is 1. The zero-order chi connectivity index (χ0) is 18.1. The predicted molar refractivity (Wildman–Crippen MR) is 103 cm³/mol. The van der Waals surface area contributed by atoms with E-state index in [1.807, 2.05) is 37.3 Å². The van der Waals surface area contributed by atoms with E-state index in [0.29, 0.717) is 5.56 Å². The summed E-state index contributed by atoms with van der Waals surface area (Å²) >= 11 is 0. The maximum atomic E-state index is 12.3. The predicted octanol–water partition coefficient (Wildman–Crippen LogP) is 4.64. The van der Waals surface area contributed by atoms with E-state index in [0.717, 1.165) is 46.4 Å². The number of benzene rings is 1. The van der Waals surface area contributed by atoms with Crippen molar-refractivity contribution in [2.24, 2.45) is 5.73 Å². The van der Waals surface area contributed by atoms with Gasteiger partial charge in [0.05, 0.1) is 16.8 Å². The van der Waals surface area contributed by atoms with E-state index in [9.17, 15) is 4.79 Å². The largest absolute Gasteiger partial charge is 0.366 e. The smallest absolute Gasteiger partial charge is 0.251 e. The highest BCUT2D eigenvalue weighted by molar-refractivity contribution is 6.02. The molecule has 2 aromatic heterocycles.